The second kappa shape index (κ2) is 11.4. The van der Waals surface area contributed by atoms with Crippen molar-refractivity contribution < 1.29 is 18.3 Å². The van der Waals surface area contributed by atoms with Gasteiger partial charge in [-0.25, -0.2) is 4.99 Å². The molecule has 0 amide bonds. The lowest BCUT2D eigenvalue weighted by Crippen LogP contribution is -2.39. The van der Waals surface area contributed by atoms with Crippen LogP contribution in [0, 0.1) is 11.8 Å². The van der Waals surface area contributed by atoms with Crippen LogP contribution < -0.4 is 10.6 Å². The van der Waals surface area contributed by atoms with Gasteiger partial charge < -0.3 is 15.7 Å². The fourth-order valence-corrected chi connectivity index (χ4v) is 3.06. The third-order valence-electron chi connectivity index (χ3n) is 3.71. The van der Waals surface area contributed by atoms with E-state index in [4.69, 9.17) is 0 Å². The Hall–Kier alpha value is -1.77. The van der Waals surface area contributed by atoms with Crippen LogP contribution in [0.4, 0.5) is 13.2 Å². The molecule has 2 rings (SSSR count). The van der Waals surface area contributed by atoms with Crippen molar-refractivity contribution in [1.29, 1.82) is 0 Å². The second-order valence-electron chi connectivity index (χ2n) is 6.18. The van der Waals surface area contributed by atoms with Gasteiger partial charge in [0.25, 0.3) is 0 Å². The number of hydrogen-bond acceptors (Lipinski definition) is 3. The highest BCUT2D eigenvalue weighted by molar-refractivity contribution is 14.0. The Morgan fingerprint density at radius 3 is 2.59 bits per heavy atom. The van der Waals surface area contributed by atoms with Gasteiger partial charge in [-0.2, -0.15) is 13.2 Å². The van der Waals surface area contributed by atoms with Gasteiger partial charge in [-0.05, 0) is 43.5 Å². The van der Waals surface area contributed by atoms with E-state index in [1.165, 1.54) is 23.5 Å². The summed E-state index contributed by atoms with van der Waals surface area (Å²) in [7, 11) is 0. The molecule has 2 aromatic rings. The Bertz CT molecular complexity index is 856. The van der Waals surface area contributed by atoms with Crippen molar-refractivity contribution in [1.82, 2.24) is 10.6 Å². The molecule has 0 saturated heterocycles. The zero-order valence-electron chi connectivity index (χ0n) is 16.0. The molecule has 1 atom stereocenters. The van der Waals surface area contributed by atoms with Crippen molar-refractivity contribution in [2.24, 2.45) is 4.99 Å². The summed E-state index contributed by atoms with van der Waals surface area (Å²) in [4.78, 5) is 5.18. The van der Waals surface area contributed by atoms with Crippen LogP contribution in [-0.4, -0.2) is 30.7 Å². The summed E-state index contributed by atoms with van der Waals surface area (Å²) in [6, 6.07) is 8.60. The molecule has 0 fully saturated rings. The fourth-order valence-electron chi connectivity index (χ4n) is 2.29. The molecule has 0 aliphatic rings. The Morgan fingerprint density at radius 1 is 1.21 bits per heavy atom. The van der Waals surface area contributed by atoms with Gasteiger partial charge in [0.1, 0.15) is 5.60 Å². The average Bonchev–Trinajstić information content (AvgIpc) is 3.18. The van der Waals surface area contributed by atoms with Crippen molar-refractivity contribution in [3.05, 3.63) is 57.8 Å². The standard InChI is InChI=1S/C20H22F3N3OS.HI/c1-3-24-18(26-14-19(2,27)17-10-6-12-28-17)25-11-5-8-15-7-4-9-16(13-15)20(21,22)23;/h4,6-7,9-10,12-13,27H,3,11,14H2,1-2H3,(H2,24,25,26);1H. The van der Waals surface area contributed by atoms with E-state index in [-0.39, 0.29) is 37.1 Å². The van der Waals surface area contributed by atoms with Gasteiger partial charge >= 0.3 is 6.18 Å². The van der Waals surface area contributed by atoms with E-state index in [2.05, 4.69) is 27.5 Å². The van der Waals surface area contributed by atoms with Crippen LogP contribution in [0.3, 0.4) is 0 Å². The van der Waals surface area contributed by atoms with Gasteiger partial charge in [0.2, 0.25) is 0 Å². The number of nitrogens with zero attached hydrogens (tertiary/aromatic N) is 1. The van der Waals surface area contributed by atoms with Crippen molar-refractivity contribution in [2.45, 2.75) is 25.6 Å². The van der Waals surface area contributed by atoms with Crippen molar-refractivity contribution >= 4 is 41.3 Å². The Labute approximate surface area is 189 Å². The summed E-state index contributed by atoms with van der Waals surface area (Å²) < 4.78 is 38.2. The molecule has 3 N–H and O–H groups in total. The predicted octanol–water partition coefficient (Wildman–Crippen LogP) is 4.20. The van der Waals surface area contributed by atoms with E-state index in [0.29, 0.717) is 18.1 Å². The van der Waals surface area contributed by atoms with Crippen LogP contribution >= 0.6 is 35.3 Å². The topological polar surface area (TPSA) is 56.7 Å². The molecule has 158 valence electrons. The molecular weight excluding hydrogens is 514 g/mol. The SMILES string of the molecule is CCNC(=NCC(C)(O)c1cccs1)NCC#Cc1cccc(C(F)(F)F)c1.I. The van der Waals surface area contributed by atoms with Crippen LogP contribution in [0.1, 0.15) is 29.9 Å². The lowest BCUT2D eigenvalue weighted by Gasteiger charge is -2.20. The Balaban J connectivity index is 0.00000420. The molecule has 4 nitrogen and oxygen atoms in total. The normalized spacial score (nSPS) is 13.5. The van der Waals surface area contributed by atoms with Crippen molar-refractivity contribution in [2.75, 3.05) is 19.6 Å². The molecular formula is C20H23F3IN3OS. The number of hydrogen-bond donors (Lipinski definition) is 3. The minimum absolute atomic E-state index is 0. The molecule has 0 spiro atoms. The number of thiophene rings is 1. The molecule has 29 heavy (non-hydrogen) atoms. The maximum Gasteiger partial charge on any atom is 0.416 e. The number of rotatable bonds is 5. The third kappa shape index (κ3) is 8.24. The van der Waals surface area contributed by atoms with Crippen molar-refractivity contribution in [3.63, 3.8) is 0 Å². The Kier molecular flexibility index (Phi) is 9.95. The summed E-state index contributed by atoms with van der Waals surface area (Å²) in [5.74, 6) is 5.96. The van der Waals surface area contributed by atoms with E-state index >= 15 is 0 Å². The Morgan fingerprint density at radius 2 is 1.97 bits per heavy atom. The predicted molar refractivity (Wildman–Crippen MR) is 122 cm³/mol. The number of aliphatic imine (C=N–C) groups is 1. The number of halogens is 4. The first kappa shape index (κ1) is 25.3. The van der Waals surface area contributed by atoms with Gasteiger partial charge in [-0.15, -0.1) is 35.3 Å². The second-order valence-corrected chi connectivity index (χ2v) is 7.13. The lowest BCUT2D eigenvalue weighted by atomic mass is 10.1. The van der Waals surface area contributed by atoms with Crippen LogP contribution in [0.2, 0.25) is 0 Å². The quantitative estimate of drug-likeness (QED) is 0.232. The van der Waals surface area contributed by atoms with E-state index in [0.717, 1.165) is 17.0 Å². The highest BCUT2D eigenvalue weighted by Gasteiger charge is 2.30. The summed E-state index contributed by atoms with van der Waals surface area (Å²) in [5.41, 5.74) is -1.52. The van der Waals surface area contributed by atoms with Crippen LogP contribution in [0.25, 0.3) is 0 Å². The molecule has 1 unspecified atom stereocenters. The molecule has 1 aromatic carbocycles. The number of nitrogens with one attached hydrogen (secondary N) is 2. The third-order valence-corrected chi connectivity index (χ3v) is 4.83. The molecule has 0 saturated carbocycles. The first-order valence-electron chi connectivity index (χ1n) is 8.67. The van der Waals surface area contributed by atoms with Gasteiger partial charge in [0, 0.05) is 17.0 Å². The summed E-state index contributed by atoms with van der Waals surface area (Å²) >= 11 is 1.45. The number of guanidine groups is 1. The van der Waals surface area contributed by atoms with E-state index in [9.17, 15) is 18.3 Å². The monoisotopic (exact) mass is 537 g/mol. The first-order chi connectivity index (χ1) is 13.2. The van der Waals surface area contributed by atoms with Crippen LogP contribution in [0.15, 0.2) is 46.8 Å². The number of aliphatic hydroxyl groups is 1. The minimum atomic E-state index is -4.39. The molecule has 0 bridgehead atoms. The van der Waals surface area contributed by atoms with E-state index in [1.54, 1.807) is 6.92 Å². The molecule has 0 radical (unpaired) electrons. The van der Waals surface area contributed by atoms with E-state index in [1.807, 2.05) is 24.4 Å². The van der Waals surface area contributed by atoms with Gasteiger partial charge in [-0.3, -0.25) is 0 Å². The molecule has 9 heteroatoms. The maximum absolute atomic E-state index is 12.7. The average molecular weight is 537 g/mol. The van der Waals surface area contributed by atoms with Crippen LogP contribution in [-0.2, 0) is 11.8 Å². The summed E-state index contributed by atoms with van der Waals surface area (Å²) in [5, 5.41) is 18.5. The minimum Gasteiger partial charge on any atom is -0.383 e. The zero-order valence-corrected chi connectivity index (χ0v) is 19.2. The zero-order chi connectivity index (χ0) is 20.6. The van der Waals surface area contributed by atoms with E-state index < -0.39 is 17.3 Å². The lowest BCUT2D eigenvalue weighted by molar-refractivity contribution is -0.137. The summed E-state index contributed by atoms with van der Waals surface area (Å²) in [6.07, 6.45) is -4.39. The maximum atomic E-state index is 12.7. The molecule has 1 aromatic heterocycles. The number of alkyl halides is 3. The van der Waals surface area contributed by atoms with Gasteiger partial charge in [0.05, 0.1) is 18.7 Å². The molecule has 0 aliphatic carbocycles. The van der Waals surface area contributed by atoms with Crippen molar-refractivity contribution in [3.8, 4) is 11.8 Å². The first-order valence-corrected chi connectivity index (χ1v) is 9.55. The summed E-state index contributed by atoms with van der Waals surface area (Å²) in [6.45, 7) is 4.57. The smallest absolute Gasteiger partial charge is 0.383 e. The molecule has 1 heterocycles. The number of benzene rings is 1. The van der Waals surface area contributed by atoms with Crippen LogP contribution in [0.5, 0.6) is 0 Å². The van der Waals surface area contributed by atoms with Gasteiger partial charge in [-0.1, -0.05) is 24.0 Å². The fraction of sp³-hybridized carbons (Fsp3) is 0.350. The largest absolute Gasteiger partial charge is 0.416 e. The highest BCUT2D eigenvalue weighted by Crippen LogP contribution is 2.29. The highest BCUT2D eigenvalue weighted by atomic mass is 127. The molecule has 0 aliphatic heterocycles. The van der Waals surface area contributed by atoms with Gasteiger partial charge in [0.15, 0.2) is 5.96 Å².